The van der Waals surface area contributed by atoms with Crippen molar-refractivity contribution in [3.8, 4) is 11.1 Å². The summed E-state index contributed by atoms with van der Waals surface area (Å²) in [5.74, 6) is -0.248. The first-order chi connectivity index (χ1) is 15.5. The Morgan fingerprint density at radius 2 is 1.72 bits per heavy atom. The average molecular weight is 437 g/mol. The van der Waals surface area contributed by atoms with Crippen LogP contribution in [0.1, 0.15) is 58.4 Å². The van der Waals surface area contributed by atoms with Gasteiger partial charge in [0.2, 0.25) is 0 Å². The van der Waals surface area contributed by atoms with Crippen molar-refractivity contribution in [1.29, 1.82) is 0 Å². The number of hydrogen-bond acceptors (Lipinski definition) is 3. The van der Waals surface area contributed by atoms with E-state index in [1.165, 1.54) is 0 Å². The van der Waals surface area contributed by atoms with E-state index in [0.29, 0.717) is 25.1 Å². The summed E-state index contributed by atoms with van der Waals surface area (Å²) in [7, 11) is 1.78. The van der Waals surface area contributed by atoms with E-state index in [4.69, 9.17) is 4.74 Å². The third-order valence-electron chi connectivity index (χ3n) is 5.24. The van der Waals surface area contributed by atoms with Gasteiger partial charge in [0.15, 0.2) is 0 Å². The molecule has 2 rings (SSSR count). The van der Waals surface area contributed by atoms with Gasteiger partial charge in [0, 0.05) is 24.9 Å². The van der Waals surface area contributed by atoms with Gasteiger partial charge < -0.3 is 10.1 Å². The molecule has 0 saturated carbocycles. The molecule has 2 aromatic rings. The number of esters is 1. The Kier molecular flexibility index (Phi) is 10.5. The van der Waals surface area contributed by atoms with E-state index in [-0.39, 0.29) is 12.0 Å². The Balaban J connectivity index is 2.13. The van der Waals surface area contributed by atoms with Gasteiger partial charge >= 0.3 is 12.0 Å². The van der Waals surface area contributed by atoms with Crippen molar-refractivity contribution in [3.63, 3.8) is 0 Å². The summed E-state index contributed by atoms with van der Waals surface area (Å²) in [6.07, 6.45) is 6.71. The van der Waals surface area contributed by atoms with Crippen LogP contribution in [0.4, 0.5) is 10.5 Å². The number of carbonyl (C=O) groups excluding carboxylic acids is 2. The van der Waals surface area contributed by atoms with Crippen LogP contribution >= 0.6 is 0 Å². The summed E-state index contributed by atoms with van der Waals surface area (Å²) in [5.41, 5.74) is 4.57. The second-order valence-electron chi connectivity index (χ2n) is 7.81. The minimum atomic E-state index is -0.248. The Labute approximate surface area is 192 Å². The molecule has 32 heavy (non-hydrogen) atoms. The van der Waals surface area contributed by atoms with Gasteiger partial charge in [-0.1, -0.05) is 69.5 Å². The zero-order valence-corrected chi connectivity index (χ0v) is 19.8. The Morgan fingerprint density at radius 1 is 0.969 bits per heavy atom. The molecule has 0 unspecified atom stereocenters. The van der Waals surface area contributed by atoms with Crippen LogP contribution in [0.5, 0.6) is 0 Å². The molecule has 0 spiro atoms. The number of nitrogens with one attached hydrogen (secondary N) is 1. The first kappa shape index (κ1) is 25.2. The van der Waals surface area contributed by atoms with E-state index in [1.807, 2.05) is 68.5 Å². The first-order valence-corrected chi connectivity index (χ1v) is 11.6. The fraction of sp³-hybridized carbons (Fsp3) is 0.407. The van der Waals surface area contributed by atoms with Crippen LogP contribution in [-0.2, 0) is 9.53 Å². The highest BCUT2D eigenvalue weighted by atomic mass is 16.5. The van der Waals surface area contributed by atoms with Gasteiger partial charge in [0.05, 0.1) is 6.61 Å². The lowest BCUT2D eigenvalue weighted by Gasteiger charge is -2.19. The predicted octanol–water partition coefficient (Wildman–Crippen LogP) is 6.44. The lowest BCUT2D eigenvalue weighted by molar-refractivity contribution is -0.138. The van der Waals surface area contributed by atoms with Gasteiger partial charge in [0.1, 0.15) is 0 Å². The fourth-order valence-corrected chi connectivity index (χ4v) is 3.40. The van der Waals surface area contributed by atoms with Crippen LogP contribution < -0.4 is 10.2 Å². The minimum absolute atomic E-state index is 0.0962. The second kappa shape index (κ2) is 13.4. The maximum Gasteiger partial charge on any atom is 0.334 e. The minimum Gasteiger partial charge on any atom is -0.463 e. The van der Waals surface area contributed by atoms with Crippen molar-refractivity contribution in [2.24, 2.45) is 0 Å². The number of anilines is 1. The number of carbonyl (C=O) groups is 2. The molecule has 5 nitrogen and oxygen atoms in total. The number of benzene rings is 2. The summed E-state index contributed by atoms with van der Waals surface area (Å²) in [6.45, 7) is 7.08. The van der Waals surface area contributed by atoms with Crippen molar-refractivity contribution < 1.29 is 14.3 Å². The first-order valence-electron chi connectivity index (χ1n) is 11.6. The van der Waals surface area contributed by atoms with Gasteiger partial charge in [-0.15, -0.1) is 0 Å². The zero-order chi connectivity index (χ0) is 23.3. The molecule has 1 N–H and O–H groups in total. The Morgan fingerprint density at radius 3 is 2.38 bits per heavy atom. The number of urea groups is 1. The monoisotopic (exact) mass is 436 g/mol. The lowest BCUT2D eigenvalue weighted by Crippen LogP contribution is -2.37. The lowest BCUT2D eigenvalue weighted by atomic mass is 10.0. The Bertz CT molecular complexity index is 903. The fourth-order valence-electron chi connectivity index (χ4n) is 3.40. The molecule has 0 aliphatic heterocycles. The summed E-state index contributed by atoms with van der Waals surface area (Å²) in [6, 6.07) is 15.9. The second-order valence-corrected chi connectivity index (χ2v) is 7.81. The van der Waals surface area contributed by atoms with Crippen LogP contribution in [0.15, 0.2) is 54.1 Å². The standard InChI is InChI=1S/C27H36N2O3/c1-5-8-9-18-28-27(31)29(4)25-13-10-12-23(20-25)22-16-14-21(15-17-22)19-24(11-6-2)26(30)32-7-3/h10,12-17,19-20H,5-9,11,18H2,1-4H3,(H,28,31)/b24-19+. The molecule has 5 heteroatoms. The number of amides is 2. The molecule has 0 bridgehead atoms. The largest absolute Gasteiger partial charge is 0.463 e. The van der Waals surface area contributed by atoms with Gasteiger partial charge in [-0.3, -0.25) is 4.90 Å². The molecule has 172 valence electrons. The van der Waals surface area contributed by atoms with Crippen molar-refractivity contribution >= 4 is 23.8 Å². The maximum absolute atomic E-state index is 12.4. The topological polar surface area (TPSA) is 58.6 Å². The van der Waals surface area contributed by atoms with Gasteiger partial charge in [-0.2, -0.15) is 0 Å². The van der Waals surface area contributed by atoms with Gasteiger partial charge in [-0.05, 0) is 54.7 Å². The van der Waals surface area contributed by atoms with Crippen LogP contribution in [0.25, 0.3) is 17.2 Å². The number of rotatable bonds is 11. The number of hydrogen-bond donors (Lipinski definition) is 1. The van der Waals surface area contributed by atoms with Gasteiger partial charge in [-0.25, -0.2) is 9.59 Å². The van der Waals surface area contributed by atoms with Gasteiger partial charge in [0.25, 0.3) is 0 Å². The molecular formula is C27H36N2O3. The molecule has 0 aliphatic carbocycles. The van der Waals surface area contributed by atoms with E-state index in [0.717, 1.165) is 48.1 Å². The summed E-state index contributed by atoms with van der Waals surface area (Å²) >= 11 is 0. The zero-order valence-electron chi connectivity index (χ0n) is 19.8. The smallest absolute Gasteiger partial charge is 0.334 e. The molecular weight excluding hydrogens is 400 g/mol. The molecule has 2 amide bonds. The quantitative estimate of drug-likeness (QED) is 0.251. The highest BCUT2D eigenvalue weighted by molar-refractivity contribution is 5.94. The van der Waals surface area contributed by atoms with Crippen LogP contribution in [-0.4, -0.2) is 32.2 Å². The molecule has 0 saturated heterocycles. The summed E-state index contributed by atoms with van der Waals surface area (Å²) < 4.78 is 5.17. The normalized spacial score (nSPS) is 11.2. The molecule has 0 aliphatic rings. The predicted molar refractivity (Wildman–Crippen MR) is 133 cm³/mol. The van der Waals surface area contributed by atoms with Crippen LogP contribution in [0.3, 0.4) is 0 Å². The van der Waals surface area contributed by atoms with Crippen molar-refractivity contribution in [2.45, 2.75) is 52.9 Å². The number of nitrogens with zero attached hydrogens (tertiary/aromatic N) is 1. The highest BCUT2D eigenvalue weighted by Gasteiger charge is 2.12. The molecule has 0 aromatic heterocycles. The molecule has 0 heterocycles. The number of unbranched alkanes of at least 4 members (excludes halogenated alkanes) is 2. The summed E-state index contributed by atoms with van der Waals surface area (Å²) in [5, 5.41) is 2.97. The van der Waals surface area contributed by atoms with E-state index < -0.39 is 0 Å². The SMILES string of the molecule is CCCCCNC(=O)N(C)c1cccc(-c2ccc(/C=C(\CCC)C(=O)OCC)cc2)c1. The molecule has 0 atom stereocenters. The third-order valence-corrected chi connectivity index (χ3v) is 5.24. The van der Waals surface area contributed by atoms with E-state index >= 15 is 0 Å². The van der Waals surface area contributed by atoms with Crippen LogP contribution in [0.2, 0.25) is 0 Å². The van der Waals surface area contributed by atoms with E-state index in [9.17, 15) is 9.59 Å². The average Bonchev–Trinajstić information content (AvgIpc) is 2.81. The Hall–Kier alpha value is -3.08. The van der Waals surface area contributed by atoms with Crippen molar-refractivity contribution in [3.05, 3.63) is 59.7 Å². The van der Waals surface area contributed by atoms with Crippen LogP contribution in [0, 0.1) is 0 Å². The molecule has 0 radical (unpaired) electrons. The maximum atomic E-state index is 12.4. The third kappa shape index (κ3) is 7.56. The number of ether oxygens (including phenoxy) is 1. The van der Waals surface area contributed by atoms with Crippen molar-refractivity contribution in [2.75, 3.05) is 25.1 Å². The van der Waals surface area contributed by atoms with E-state index in [2.05, 4.69) is 12.2 Å². The van der Waals surface area contributed by atoms with Crippen molar-refractivity contribution in [1.82, 2.24) is 5.32 Å². The summed E-state index contributed by atoms with van der Waals surface area (Å²) in [4.78, 5) is 26.2. The van der Waals surface area contributed by atoms with E-state index in [1.54, 1.807) is 11.9 Å². The highest BCUT2D eigenvalue weighted by Crippen LogP contribution is 2.25. The molecule has 2 aromatic carbocycles. The molecule has 0 fully saturated rings.